The lowest BCUT2D eigenvalue weighted by atomic mass is 10.1. The summed E-state index contributed by atoms with van der Waals surface area (Å²) >= 11 is 0. The number of hydrogen-bond donors (Lipinski definition) is 2. The predicted molar refractivity (Wildman–Crippen MR) is 113 cm³/mol. The van der Waals surface area contributed by atoms with Crippen LogP contribution in [0, 0.1) is 0 Å². The van der Waals surface area contributed by atoms with E-state index in [2.05, 4.69) is 10.6 Å². The molecule has 1 fully saturated rings. The molecule has 1 unspecified atom stereocenters. The first kappa shape index (κ1) is 24.2. The third-order valence-corrected chi connectivity index (χ3v) is 4.87. The van der Waals surface area contributed by atoms with Crippen LogP contribution in [0.1, 0.15) is 44.6 Å². The highest BCUT2D eigenvalue weighted by Gasteiger charge is 2.34. The molecule has 1 heterocycles. The molecular formula is C22H31N3O6. The highest BCUT2D eigenvalue weighted by Crippen LogP contribution is 2.13. The lowest BCUT2D eigenvalue weighted by molar-refractivity contribution is -0.151. The standard InChI is InChI=1S/C22H31N3O6/c1-2-30-20(27)15-18-21(28)23-13-14-25(18)19(26)11-7-4-8-12-24-22(29)31-16-17-9-5-3-6-10-17/h3,5-6,9-10,18H,2,4,7-8,11-16H2,1H3,(H,23,28)(H,24,29). The third kappa shape index (κ3) is 8.65. The SMILES string of the molecule is CCOC(=O)CC1C(=O)NCCN1C(=O)CCCCCNC(=O)OCc1ccccc1. The predicted octanol–water partition coefficient (Wildman–Crippen LogP) is 1.75. The molecule has 1 atom stereocenters. The Hall–Kier alpha value is -3.10. The zero-order valence-electron chi connectivity index (χ0n) is 17.9. The molecule has 0 spiro atoms. The van der Waals surface area contributed by atoms with Gasteiger partial charge in [0.05, 0.1) is 13.0 Å². The van der Waals surface area contributed by atoms with Crippen molar-refractivity contribution in [2.24, 2.45) is 0 Å². The van der Waals surface area contributed by atoms with E-state index in [-0.39, 0.29) is 37.9 Å². The van der Waals surface area contributed by atoms with E-state index < -0.39 is 18.1 Å². The van der Waals surface area contributed by atoms with Crippen LogP contribution in [-0.4, -0.2) is 61.1 Å². The van der Waals surface area contributed by atoms with Crippen molar-refractivity contribution in [3.63, 3.8) is 0 Å². The van der Waals surface area contributed by atoms with Crippen molar-refractivity contribution < 1.29 is 28.7 Å². The molecule has 1 aliphatic heterocycles. The highest BCUT2D eigenvalue weighted by atomic mass is 16.5. The van der Waals surface area contributed by atoms with Gasteiger partial charge in [-0.1, -0.05) is 36.8 Å². The summed E-state index contributed by atoms with van der Waals surface area (Å²) in [5.41, 5.74) is 0.920. The second kappa shape index (κ2) is 13.3. The Morgan fingerprint density at radius 1 is 1.13 bits per heavy atom. The van der Waals surface area contributed by atoms with Crippen LogP contribution in [0.4, 0.5) is 4.79 Å². The highest BCUT2D eigenvalue weighted by molar-refractivity contribution is 5.91. The van der Waals surface area contributed by atoms with Crippen molar-refractivity contribution >= 4 is 23.9 Å². The topological polar surface area (TPSA) is 114 Å². The van der Waals surface area contributed by atoms with Crippen LogP contribution in [-0.2, 0) is 30.5 Å². The van der Waals surface area contributed by atoms with E-state index in [0.29, 0.717) is 32.5 Å². The molecule has 0 bridgehead atoms. The average Bonchev–Trinajstić information content (AvgIpc) is 2.76. The largest absolute Gasteiger partial charge is 0.466 e. The molecule has 9 heteroatoms. The van der Waals surface area contributed by atoms with Crippen LogP contribution in [0.2, 0.25) is 0 Å². The summed E-state index contributed by atoms with van der Waals surface area (Å²) < 4.78 is 10.0. The lowest BCUT2D eigenvalue weighted by Gasteiger charge is -2.34. The number of ether oxygens (including phenoxy) is 2. The lowest BCUT2D eigenvalue weighted by Crippen LogP contribution is -2.57. The third-order valence-electron chi connectivity index (χ3n) is 4.87. The Balaban J connectivity index is 1.62. The summed E-state index contributed by atoms with van der Waals surface area (Å²) in [7, 11) is 0. The first-order valence-corrected chi connectivity index (χ1v) is 10.7. The van der Waals surface area contributed by atoms with E-state index in [1.165, 1.54) is 4.90 Å². The molecule has 0 saturated carbocycles. The Kier molecular flexibility index (Phi) is 10.3. The van der Waals surface area contributed by atoms with Crippen molar-refractivity contribution in [3.05, 3.63) is 35.9 Å². The number of carbonyl (C=O) groups is 4. The van der Waals surface area contributed by atoms with Crippen molar-refractivity contribution in [1.29, 1.82) is 0 Å². The van der Waals surface area contributed by atoms with Gasteiger partial charge in [-0.25, -0.2) is 4.79 Å². The van der Waals surface area contributed by atoms with Crippen LogP contribution in [0.15, 0.2) is 30.3 Å². The minimum absolute atomic E-state index is 0.138. The molecule has 1 aliphatic rings. The van der Waals surface area contributed by atoms with E-state index in [4.69, 9.17) is 9.47 Å². The number of nitrogens with zero attached hydrogens (tertiary/aromatic N) is 1. The van der Waals surface area contributed by atoms with Crippen LogP contribution >= 0.6 is 0 Å². The molecule has 170 valence electrons. The quantitative estimate of drug-likeness (QED) is 0.406. The minimum atomic E-state index is -0.818. The van der Waals surface area contributed by atoms with E-state index in [1.807, 2.05) is 30.3 Å². The maximum Gasteiger partial charge on any atom is 0.407 e. The number of alkyl carbamates (subject to hydrolysis) is 1. The number of esters is 1. The minimum Gasteiger partial charge on any atom is -0.466 e. The van der Waals surface area contributed by atoms with Gasteiger partial charge in [0.15, 0.2) is 0 Å². The summed E-state index contributed by atoms with van der Waals surface area (Å²) in [6, 6.07) is 8.61. The number of hydrogen-bond acceptors (Lipinski definition) is 6. The first-order chi connectivity index (χ1) is 15.0. The Labute approximate surface area is 182 Å². The van der Waals surface area contributed by atoms with Gasteiger partial charge in [0.25, 0.3) is 0 Å². The van der Waals surface area contributed by atoms with Crippen molar-refractivity contribution in [2.45, 2.75) is 51.7 Å². The van der Waals surface area contributed by atoms with Crippen LogP contribution in [0.25, 0.3) is 0 Å². The smallest absolute Gasteiger partial charge is 0.407 e. The molecule has 2 N–H and O–H groups in total. The maximum absolute atomic E-state index is 12.6. The molecule has 2 rings (SSSR count). The van der Waals surface area contributed by atoms with Gasteiger partial charge >= 0.3 is 12.1 Å². The second-order valence-electron chi connectivity index (χ2n) is 7.20. The normalized spacial score (nSPS) is 15.7. The Bertz CT molecular complexity index is 740. The summed E-state index contributed by atoms with van der Waals surface area (Å²) in [6.07, 6.45) is 1.75. The molecule has 1 aromatic rings. The molecule has 3 amide bonds. The molecule has 9 nitrogen and oxygen atoms in total. The number of benzene rings is 1. The van der Waals surface area contributed by atoms with Crippen molar-refractivity contribution in [3.8, 4) is 0 Å². The van der Waals surface area contributed by atoms with Crippen LogP contribution in [0.5, 0.6) is 0 Å². The molecule has 0 aliphatic carbocycles. The number of rotatable bonds is 11. The van der Waals surface area contributed by atoms with Gasteiger partial charge < -0.3 is 25.0 Å². The van der Waals surface area contributed by atoms with Crippen molar-refractivity contribution in [1.82, 2.24) is 15.5 Å². The van der Waals surface area contributed by atoms with Gasteiger partial charge in [-0.15, -0.1) is 0 Å². The summed E-state index contributed by atoms with van der Waals surface area (Å²) in [6.45, 7) is 3.36. The first-order valence-electron chi connectivity index (χ1n) is 10.7. The van der Waals surface area contributed by atoms with Gasteiger partial charge in [-0.05, 0) is 25.3 Å². The summed E-state index contributed by atoms with van der Waals surface area (Å²) in [4.78, 5) is 49.6. The Morgan fingerprint density at radius 2 is 1.90 bits per heavy atom. The maximum atomic E-state index is 12.6. The fraction of sp³-hybridized carbons (Fsp3) is 0.545. The Morgan fingerprint density at radius 3 is 2.65 bits per heavy atom. The number of amides is 3. The van der Waals surface area contributed by atoms with E-state index in [0.717, 1.165) is 12.0 Å². The van der Waals surface area contributed by atoms with E-state index in [1.54, 1.807) is 6.92 Å². The summed E-state index contributed by atoms with van der Waals surface area (Å²) in [5.74, 6) is -0.974. The van der Waals surface area contributed by atoms with Gasteiger partial charge in [0.1, 0.15) is 12.6 Å². The van der Waals surface area contributed by atoms with Gasteiger partial charge in [0.2, 0.25) is 11.8 Å². The molecule has 1 aromatic carbocycles. The molecule has 0 radical (unpaired) electrons. The zero-order valence-corrected chi connectivity index (χ0v) is 17.9. The fourth-order valence-corrected chi connectivity index (χ4v) is 3.28. The van der Waals surface area contributed by atoms with Gasteiger partial charge in [-0.3, -0.25) is 14.4 Å². The van der Waals surface area contributed by atoms with Gasteiger partial charge in [-0.2, -0.15) is 0 Å². The van der Waals surface area contributed by atoms with E-state index >= 15 is 0 Å². The average molecular weight is 434 g/mol. The monoisotopic (exact) mass is 433 g/mol. The number of nitrogens with one attached hydrogen (secondary N) is 2. The fourth-order valence-electron chi connectivity index (χ4n) is 3.28. The molecule has 1 saturated heterocycles. The molecular weight excluding hydrogens is 402 g/mol. The van der Waals surface area contributed by atoms with Crippen LogP contribution < -0.4 is 10.6 Å². The van der Waals surface area contributed by atoms with Crippen LogP contribution in [0.3, 0.4) is 0 Å². The zero-order chi connectivity index (χ0) is 22.5. The number of piperazine rings is 1. The summed E-state index contributed by atoms with van der Waals surface area (Å²) in [5, 5.41) is 5.38. The molecule has 0 aromatic heterocycles. The number of carbonyl (C=O) groups excluding carboxylic acids is 4. The van der Waals surface area contributed by atoms with Crippen molar-refractivity contribution in [2.75, 3.05) is 26.2 Å². The molecule has 31 heavy (non-hydrogen) atoms. The second-order valence-corrected chi connectivity index (χ2v) is 7.20. The number of unbranched alkanes of at least 4 members (excludes halogenated alkanes) is 2. The van der Waals surface area contributed by atoms with E-state index in [9.17, 15) is 19.2 Å². The van der Waals surface area contributed by atoms with Gasteiger partial charge in [0, 0.05) is 26.1 Å².